The summed E-state index contributed by atoms with van der Waals surface area (Å²) in [5.74, 6) is 1.05. The average molecular weight is 496 g/mol. The summed E-state index contributed by atoms with van der Waals surface area (Å²) in [6.07, 6.45) is 1.48. The molecular weight excluding hydrogens is 466 g/mol. The summed E-state index contributed by atoms with van der Waals surface area (Å²) in [4.78, 5) is 12.7. The van der Waals surface area contributed by atoms with Crippen LogP contribution in [0.3, 0.4) is 0 Å². The minimum Gasteiger partial charge on any atom is -0.497 e. The fourth-order valence-electron chi connectivity index (χ4n) is 3.06. The largest absolute Gasteiger partial charge is 0.497 e. The second-order valence-electron chi connectivity index (χ2n) is 8.09. The Balaban J connectivity index is 1.73. The van der Waals surface area contributed by atoms with Gasteiger partial charge in [0.1, 0.15) is 18.0 Å². The van der Waals surface area contributed by atoms with Gasteiger partial charge in [-0.05, 0) is 60.0 Å². The smallest absolute Gasteiger partial charge is 0.264 e. The van der Waals surface area contributed by atoms with Crippen molar-refractivity contribution in [3.05, 3.63) is 84.4 Å². The van der Waals surface area contributed by atoms with Crippen molar-refractivity contribution in [2.75, 3.05) is 24.6 Å². The van der Waals surface area contributed by atoms with Crippen LogP contribution in [0.25, 0.3) is 0 Å². The van der Waals surface area contributed by atoms with E-state index in [0.29, 0.717) is 24.0 Å². The first-order valence-corrected chi connectivity index (χ1v) is 12.5. The van der Waals surface area contributed by atoms with Gasteiger partial charge in [-0.1, -0.05) is 38.1 Å². The van der Waals surface area contributed by atoms with Crippen LogP contribution in [0.4, 0.5) is 5.69 Å². The summed E-state index contributed by atoms with van der Waals surface area (Å²) in [5.41, 5.74) is 3.45. The van der Waals surface area contributed by atoms with Crippen molar-refractivity contribution < 1.29 is 22.7 Å². The highest BCUT2D eigenvalue weighted by molar-refractivity contribution is 7.92. The minimum absolute atomic E-state index is 0.0684. The molecule has 0 saturated carbocycles. The fraction of sp³-hybridized carbons (Fsp3) is 0.231. The van der Waals surface area contributed by atoms with E-state index in [4.69, 9.17) is 9.47 Å². The Morgan fingerprint density at radius 2 is 1.71 bits per heavy atom. The molecule has 0 aliphatic heterocycles. The van der Waals surface area contributed by atoms with Gasteiger partial charge in [0, 0.05) is 6.07 Å². The van der Waals surface area contributed by atoms with Crippen LogP contribution in [-0.2, 0) is 14.8 Å². The highest BCUT2D eigenvalue weighted by Crippen LogP contribution is 2.26. The lowest BCUT2D eigenvalue weighted by Crippen LogP contribution is -2.39. The van der Waals surface area contributed by atoms with Crippen LogP contribution in [0, 0.1) is 5.92 Å². The van der Waals surface area contributed by atoms with Crippen molar-refractivity contribution >= 4 is 27.8 Å². The Hall–Kier alpha value is -3.85. The Morgan fingerprint density at radius 1 is 1.00 bits per heavy atom. The number of rotatable bonds is 11. The third-order valence-corrected chi connectivity index (χ3v) is 6.61. The molecule has 0 radical (unpaired) electrons. The van der Waals surface area contributed by atoms with Crippen LogP contribution in [0.2, 0.25) is 0 Å². The molecule has 35 heavy (non-hydrogen) atoms. The van der Waals surface area contributed by atoms with E-state index >= 15 is 0 Å². The molecule has 0 atom stereocenters. The average Bonchev–Trinajstić information content (AvgIpc) is 2.87. The number of ether oxygens (including phenoxy) is 2. The molecule has 8 nitrogen and oxygen atoms in total. The molecule has 0 saturated heterocycles. The molecule has 1 N–H and O–H groups in total. The van der Waals surface area contributed by atoms with E-state index in [1.54, 1.807) is 42.5 Å². The Kier molecular flexibility index (Phi) is 8.86. The van der Waals surface area contributed by atoms with Gasteiger partial charge in [-0.25, -0.2) is 13.8 Å². The number of nitrogens with zero attached hydrogens (tertiary/aromatic N) is 2. The molecule has 3 aromatic carbocycles. The highest BCUT2D eigenvalue weighted by atomic mass is 32.2. The quantitative estimate of drug-likeness (QED) is 0.319. The van der Waals surface area contributed by atoms with E-state index in [1.165, 1.54) is 25.5 Å². The lowest BCUT2D eigenvalue weighted by Gasteiger charge is -2.24. The first-order valence-electron chi connectivity index (χ1n) is 11.1. The summed E-state index contributed by atoms with van der Waals surface area (Å²) in [6.45, 7) is 4.30. The molecule has 184 valence electrons. The van der Waals surface area contributed by atoms with E-state index in [-0.39, 0.29) is 4.90 Å². The van der Waals surface area contributed by atoms with Crippen LogP contribution >= 0.6 is 0 Å². The lowest BCUT2D eigenvalue weighted by molar-refractivity contribution is -0.119. The predicted octanol–water partition coefficient (Wildman–Crippen LogP) is 4.08. The Labute approximate surface area is 206 Å². The molecule has 0 aromatic heterocycles. The molecule has 0 spiro atoms. The van der Waals surface area contributed by atoms with Gasteiger partial charge in [0.15, 0.2) is 0 Å². The molecule has 0 aliphatic rings. The number of anilines is 1. The second-order valence-corrected chi connectivity index (χ2v) is 9.96. The zero-order valence-corrected chi connectivity index (χ0v) is 20.7. The Morgan fingerprint density at radius 3 is 2.37 bits per heavy atom. The summed E-state index contributed by atoms with van der Waals surface area (Å²) in [5, 5.41) is 3.97. The molecule has 3 rings (SSSR count). The van der Waals surface area contributed by atoms with E-state index in [1.807, 2.05) is 24.3 Å². The number of amides is 1. The van der Waals surface area contributed by atoms with Crippen molar-refractivity contribution in [2.24, 2.45) is 11.0 Å². The molecule has 9 heteroatoms. The molecule has 0 bridgehead atoms. The maximum Gasteiger partial charge on any atom is 0.264 e. The number of sulfonamides is 1. The Bertz CT molecular complexity index is 1240. The normalized spacial score (nSPS) is 11.4. The van der Waals surface area contributed by atoms with Gasteiger partial charge in [-0.2, -0.15) is 5.10 Å². The maximum absolute atomic E-state index is 13.3. The van der Waals surface area contributed by atoms with Crippen LogP contribution in [0.5, 0.6) is 11.5 Å². The first-order chi connectivity index (χ1) is 16.8. The number of methoxy groups -OCH3 is 1. The molecule has 0 fully saturated rings. The zero-order valence-electron chi connectivity index (χ0n) is 19.9. The number of carbonyl (C=O) groups is 1. The van der Waals surface area contributed by atoms with E-state index in [0.717, 1.165) is 15.6 Å². The van der Waals surface area contributed by atoms with Crippen LogP contribution in [0.1, 0.15) is 19.4 Å². The van der Waals surface area contributed by atoms with Crippen LogP contribution < -0.4 is 19.2 Å². The van der Waals surface area contributed by atoms with Crippen LogP contribution in [0.15, 0.2) is 88.9 Å². The van der Waals surface area contributed by atoms with Crippen molar-refractivity contribution in [1.82, 2.24) is 5.43 Å². The number of carbonyl (C=O) groups excluding carboxylic acids is 1. The monoisotopic (exact) mass is 495 g/mol. The van der Waals surface area contributed by atoms with Gasteiger partial charge in [0.25, 0.3) is 15.9 Å². The summed E-state index contributed by atoms with van der Waals surface area (Å²) >= 11 is 0. The van der Waals surface area contributed by atoms with Gasteiger partial charge in [-0.3, -0.25) is 9.10 Å². The topological polar surface area (TPSA) is 97.3 Å². The van der Waals surface area contributed by atoms with Gasteiger partial charge >= 0.3 is 0 Å². The summed E-state index contributed by atoms with van der Waals surface area (Å²) in [7, 11) is -2.53. The third kappa shape index (κ3) is 7.31. The summed E-state index contributed by atoms with van der Waals surface area (Å²) in [6, 6.07) is 21.7. The van der Waals surface area contributed by atoms with Gasteiger partial charge in [0.2, 0.25) is 0 Å². The van der Waals surface area contributed by atoms with Gasteiger partial charge in [-0.15, -0.1) is 0 Å². The van der Waals surface area contributed by atoms with Gasteiger partial charge in [0.05, 0.1) is 30.5 Å². The zero-order chi connectivity index (χ0) is 25.3. The summed E-state index contributed by atoms with van der Waals surface area (Å²) < 4.78 is 38.6. The lowest BCUT2D eigenvalue weighted by atomic mass is 10.2. The molecule has 0 unspecified atom stereocenters. The van der Waals surface area contributed by atoms with Crippen LogP contribution in [-0.4, -0.2) is 40.8 Å². The minimum atomic E-state index is -4.02. The third-order valence-electron chi connectivity index (χ3n) is 4.83. The number of hydrazone groups is 1. The predicted molar refractivity (Wildman–Crippen MR) is 136 cm³/mol. The molecule has 0 heterocycles. The molecular formula is C26H29N3O5S. The maximum atomic E-state index is 13.3. The highest BCUT2D eigenvalue weighted by Gasteiger charge is 2.27. The van der Waals surface area contributed by atoms with Crippen molar-refractivity contribution in [2.45, 2.75) is 18.7 Å². The second kappa shape index (κ2) is 12.0. The SMILES string of the molecule is COc1cccc(N(CC(=O)N/N=C\c2ccc(OCC(C)C)cc2)S(=O)(=O)c2ccccc2)c1. The molecule has 0 aliphatic carbocycles. The van der Waals surface area contributed by atoms with Gasteiger partial charge < -0.3 is 9.47 Å². The van der Waals surface area contributed by atoms with Crippen molar-refractivity contribution in [1.29, 1.82) is 0 Å². The van der Waals surface area contributed by atoms with E-state index < -0.39 is 22.5 Å². The number of hydrogen-bond donors (Lipinski definition) is 1. The van der Waals surface area contributed by atoms with E-state index in [2.05, 4.69) is 24.4 Å². The first kappa shape index (κ1) is 25.8. The molecule has 3 aromatic rings. The number of benzene rings is 3. The number of hydrogen-bond acceptors (Lipinski definition) is 6. The van der Waals surface area contributed by atoms with E-state index in [9.17, 15) is 13.2 Å². The van der Waals surface area contributed by atoms with Crippen molar-refractivity contribution in [3.8, 4) is 11.5 Å². The number of nitrogens with one attached hydrogen (secondary N) is 1. The standard InChI is InChI=1S/C26H29N3O5S/c1-20(2)19-34-23-14-12-21(13-15-23)17-27-28-26(30)18-29(22-8-7-9-24(16-22)33-3)35(31,32)25-10-5-4-6-11-25/h4-17,20H,18-19H2,1-3H3,(H,28,30)/b27-17-. The fourth-order valence-corrected chi connectivity index (χ4v) is 4.49. The molecule has 1 amide bonds. The van der Waals surface area contributed by atoms with Crippen molar-refractivity contribution in [3.63, 3.8) is 0 Å².